The van der Waals surface area contributed by atoms with Gasteiger partial charge in [0.05, 0.1) is 18.8 Å². The molecular weight excluding hydrogens is 408 g/mol. The average molecular weight is 439 g/mol. The molecule has 1 saturated heterocycles. The highest BCUT2D eigenvalue weighted by atomic mass is 16.2. The zero-order chi connectivity index (χ0) is 23.0. The molecule has 170 valence electrons. The van der Waals surface area contributed by atoms with Crippen LogP contribution in [0.4, 0.5) is 0 Å². The minimum atomic E-state index is -0.376. The monoisotopic (exact) mass is 438 g/mol. The molecule has 3 heterocycles. The Morgan fingerprint density at radius 2 is 1.75 bits per heavy atom. The molecule has 2 N–H and O–H groups in total. The number of hydrogen-bond donors (Lipinski definition) is 1. The first-order chi connectivity index (χ1) is 15.1. The SMILES string of the molecule is CC(C)(C)C1=NN(CC(=O)N2CCN(CC(N)=O)CC2)C(=O)c2cc3ccccc3n2C1. The second-order valence-electron chi connectivity index (χ2n) is 9.46. The highest BCUT2D eigenvalue weighted by Gasteiger charge is 2.32. The van der Waals surface area contributed by atoms with Crippen LogP contribution >= 0.6 is 0 Å². The number of para-hydroxylation sites is 1. The predicted molar refractivity (Wildman–Crippen MR) is 122 cm³/mol. The number of amides is 3. The Labute approximate surface area is 187 Å². The van der Waals surface area contributed by atoms with E-state index < -0.39 is 0 Å². The quantitative estimate of drug-likeness (QED) is 0.773. The van der Waals surface area contributed by atoms with Crippen LogP contribution in [0.25, 0.3) is 10.9 Å². The topological polar surface area (TPSA) is 104 Å². The predicted octanol–water partition coefficient (Wildman–Crippen LogP) is 1.13. The van der Waals surface area contributed by atoms with Crippen LogP contribution in [0.2, 0.25) is 0 Å². The molecule has 0 unspecified atom stereocenters. The summed E-state index contributed by atoms with van der Waals surface area (Å²) >= 11 is 0. The lowest BCUT2D eigenvalue weighted by Crippen LogP contribution is -2.52. The Hall–Kier alpha value is -3.20. The Bertz CT molecular complexity index is 1090. The molecule has 9 heteroatoms. The maximum atomic E-state index is 13.4. The van der Waals surface area contributed by atoms with Crippen LogP contribution in [-0.4, -0.2) is 82.1 Å². The second-order valence-corrected chi connectivity index (χ2v) is 9.46. The van der Waals surface area contributed by atoms with Crippen LogP contribution in [0.15, 0.2) is 35.4 Å². The molecule has 2 aromatic rings. The van der Waals surface area contributed by atoms with E-state index in [0.717, 1.165) is 16.6 Å². The van der Waals surface area contributed by atoms with Gasteiger partial charge in [-0.25, -0.2) is 5.01 Å². The third-order valence-electron chi connectivity index (χ3n) is 6.07. The van der Waals surface area contributed by atoms with E-state index in [4.69, 9.17) is 5.73 Å². The molecule has 0 aliphatic carbocycles. The fraction of sp³-hybridized carbons (Fsp3) is 0.478. The van der Waals surface area contributed by atoms with Gasteiger partial charge in [0.15, 0.2) is 0 Å². The van der Waals surface area contributed by atoms with E-state index >= 15 is 0 Å². The lowest BCUT2D eigenvalue weighted by Gasteiger charge is -2.34. The highest BCUT2D eigenvalue weighted by molar-refractivity contribution is 6.03. The first-order valence-electron chi connectivity index (χ1n) is 10.9. The summed E-state index contributed by atoms with van der Waals surface area (Å²) in [4.78, 5) is 41.3. The fourth-order valence-corrected chi connectivity index (χ4v) is 4.16. The van der Waals surface area contributed by atoms with Gasteiger partial charge >= 0.3 is 0 Å². The molecule has 1 fully saturated rings. The van der Waals surface area contributed by atoms with E-state index in [2.05, 4.69) is 25.9 Å². The van der Waals surface area contributed by atoms with E-state index in [1.54, 1.807) is 4.90 Å². The molecule has 0 saturated carbocycles. The summed E-state index contributed by atoms with van der Waals surface area (Å²) in [6, 6.07) is 9.76. The van der Waals surface area contributed by atoms with Gasteiger partial charge in [-0.3, -0.25) is 19.3 Å². The number of carbonyl (C=O) groups excluding carboxylic acids is 3. The number of aromatic nitrogens is 1. The van der Waals surface area contributed by atoms with Crippen LogP contribution in [0.5, 0.6) is 0 Å². The van der Waals surface area contributed by atoms with E-state index in [0.29, 0.717) is 38.4 Å². The number of hydrogen-bond acceptors (Lipinski definition) is 5. The van der Waals surface area contributed by atoms with Crippen molar-refractivity contribution in [3.8, 4) is 0 Å². The molecule has 2 aliphatic rings. The van der Waals surface area contributed by atoms with Gasteiger partial charge in [-0.2, -0.15) is 5.10 Å². The van der Waals surface area contributed by atoms with Gasteiger partial charge in [-0.05, 0) is 12.1 Å². The fourth-order valence-electron chi connectivity index (χ4n) is 4.16. The molecule has 2 aliphatic heterocycles. The molecule has 0 bridgehead atoms. The third kappa shape index (κ3) is 4.38. The number of fused-ring (bicyclic) bond motifs is 3. The number of carbonyl (C=O) groups is 3. The van der Waals surface area contributed by atoms with E-state index in [-0.39, 0.29) is 36.2 Å². The smallest absolute Gasteiger partial charge is 0.291 e. The van der Waals surface area contributed by atoms with Crippen molar-refractivity contribution in [2.24, 2.45) is 16.3 Å². The summed E-state index contributed by atoms with van der Waals surface area (Å²) in [6.07, 6.45) is 0. The van der Waals surface area contributed by atoms with Gasteiger partial charge in [0.25, 0.3) is 5.91 Å². The zero-order valence-corrected chi connectivity index (χ0v) is 18.9. The van der Waals surface area contributed by atoms with Crippen LogP contribution in [0.3, 0.4) is 0 Å². The summed E-state index contributed by atoms with van der Waals surface area (Å²) in [5.41, 5.74) is 7.35. The molecule has 1 aromatic carbocycles. The molecule has 9 nitrogen and oxygen atoms in total. The molecule has 0 spiro atoms. The van der Waals surface area contributed by atoms with Crippen molar-refractivity contribution in [3.63, 3.8) is 0 Å². The van der Waals surface area contributed by atoms with E-state index in [9.17, 15) is 14.4 Å². The Kier molecular flexibility index (Phi) is 5.77. The number of primary amides is 1. The van der Waals surface area contributed by atoms with Gasteiger partial charge < -0.3 is 15.2 Å². The highest BCUT2D eigenvalue weighted by Crippen LogP contribution is 2.27. The summed E-state index contributed by atoms with van der Waals surface area (Å²) in [7, 11) is 0. The maximum Gasteiger partial charge on any atom is 0.291 e. The van der Waals surface area contributed by atoms with Crippen LogP contribution in [0, 0.1) is 5.41 Å². The van der Waals surface area contributed by atoms with Crippen molar-refractivity contribution in [1.29, 1.82) is 0 Å². The zero-order valence-electron chi connectivity index (χ0n) is 18.9. The standard InChI is InChI=1S/C23H30N6O3/c1-23(2,3)19-13-28-17-7-5-4-6-16(17)12-18(28)22(32)29(25-19)15-21(31)27-10-8-26(9-11-27)14-20(24)30/h4-7,12H,8-11,13-15H2,1-3H3,(H2,24,30). The third-order valence-corrected chi connectivity index (χ3v) is 6.07. The summed E-state index contributed by atoms with van der Waals surface area (Å²) in [5.74, 6) is -0.806. The minimum absolute atomic E-state index is 0.115. The Morgan fingerprint density at radius 1 is 1.06 bits per heavy atom. The number of nitrogens with two attached hydrogens (primary N) is 1. The van der Waals surface area contributed by atoms with Crippen molar-refractivity contribution >= 4 is 34.3 Å². The molecule has 1 aromatic heterocycles. The Balaban J connectivity index is 1.58. The molecule has 32 heavy (non-hydrogen) atoms. The van der Waals surface area contributed by atoms with Crippen LogP contribution in [-0.2, 0) is 16.1 Å². The lowest BCUT2D eigenvalue weighted by atomic mass is 9.90. The number of hydrazone groups is 1. The van der Waals surface area contributed by atoms with Crippen molar-refractivity contribution < 1.29 is 14.4 Å². The molecule has 3 amide bonds. The van der Waals surface area contributed by atoms with Gasteiger partial charge in [-0.15, -0.1) is 0 Å². The number of benzene rings is 1. The first-order valence-corrected chi connectivity index (χ1v) is 10.9. The second kappa shape index (κ2) is 8.38. The van der Waals surface area contributed by atoms with E-state index in [1.807, 2.05) is 39.8 Å². The van der Waals surface area contributed by atoms with Crippen molar-refractivity contribution in [2.45, 2.75) is 27.3 Å². The van der Waals surface area contributed by atoms with Crippen LogP contribution < -0.4 is 5.73 Å². The van der Waals surface area contributed by atoms with E-state index in [1.165, 1.54) is 5.01 Å². The van der Waals surface area contributed by atoms with Gasteiger partial charge in [0.1, 0.15) is 12.2 Å². The van der Waals surface area contributed by atoms with Gasteiger partial charge in [0.2, 0.25) is 11.8 Å². The number of nitrogens with zero attached hydrogens (tertiary/aromatic N) is 5. The van der Waals surface area contributed by atoms with Crippen molar-refractivity contribution in [2.75, 3.05) is 39.3 Å². The molecular formula is C23H30N6O3. The molecule has 0 radical (unpaired) electrons. The van der Waals surface area contributed by atoms with Gasteiger partial charge in [0, 0.05) is 42.5 Å². The van der Waals surface area contributed by atoms with Crippen molar-refractivity contribution in [3.05, 3.63) is 36.0 Å². The van der Waals surface area contributed by atoms with Crippen molar-refractivity contribution in [1.82, 2.24) is 19.4 Å². The normalized spacial score (nSPS) is 17.8. The lowest BCUT2D eigenvalue weighted by molar-refractivity contribution is -0.133. The number of piperazine rings is 1. The molecule has 0 atom stereocenters. The molecule has 4 rings (SSSR count). The first kappa shape index (κ1) is 22.0. The largest absolute Gasteiger partial charge is 0.369 e. The maximum absolute atomic E-state index is 13.4. The summed E-state index contributed by atoms with van der Waals surface area (Å²) in [5, 5.41) is 6.98. The van der Waals surface area contributed by atoms with Gasteiger partial charge in [-0.1, -0.05) is 39.0 Å². The van der Waals surface area contributed by atoms with Crippen LogP contribution in [0.1, 0.15) is 31.3 Å². The minimum Gasteiger partial charge on any atom is -0.369 e. The Morgan fingerprint density at radius 3 is 2.41 bits per heavy atom. The average Bonchev–Trinajstić information content (AvgIpc) is 3.03. The summed E-state index contributed by atoms with van der Waals surface area (Å²) < 4.78 is 1.99. The number of rotatable bonds is 4. The summed E-state index contributed by atoms with van der Waals surface area (Å²) in [6.45, 7) is 8.89.